The molecule has 1 aliphatic carbocycles. The highest BCUT2D eigenvalue weighted by molar-refractivity contribution is 5.54. The molecule has 1 aliphatic rings. The molecule has 106 valence electrons. The maximum Gasteiger partial charge on any atom is 0.252 e. The van der Waals surface area contributed by atoms with E-state index in [1.54, 1.807) is 12.1 Å². The number of ether oxygens (including phenoxy) is 3. The first-order valence-electron chi connectivity index (χ1n) is 5.82. The maximum atomic E-state index is 13.1. The lowest BCUT2D eigenvalue weighted by molar-refractivity contribution is -0.125. The molecule has 1 aromatic carbocycles. The third-order valence-electron chi connectivity index (χ3n) is 3.39. The van der Waals surface area contributed by atoms with E-state index in [9.17, 15) is 8.78 Å². The second-order valence-corrected chi connectivity index (χ2v) is 4.77. The average Bonchev–Trinajstić information content (AvgIpc) is 2.34. The van der Waals surface area contributed by atoms with Crippen LogP contribution < -0.4 is 19.9 Å². The van der Waals surface area contributed by atoms with Crippen molar-refractivity contribution >= 4 is 0 Å². The summed E-state index contributed by atoms with van der Waals surface area (Å²) in [5, 5.41) is 0. The Morgan fingerprint density at radius 1 is 0.947 bits per heavy atom. The molecule has 0 bridgehead atoms. The summed E-state index contributed by atoms with van der Waals surface area (Å²) in [4.78, 5) is 0. The summed E-state index contributed by atoms with van der Waals surface area (Å²) < 4.78 is 41.7. The zero-order valence-electron chi connectivity index (χ0n) is 11.1. The Kier molecular flexibility index (Phi) is 3.30. The molecule has 0 amide bonds. The quantitative estimate of drug-likeness (QED) is 0.914. The molecule has 0 aliphatic heterocycles. The Morgan fingerprint density at radius 3 is 1.84 bits per heavy atom. The zero-order valence-corrected chi connectivity index (χ0v) is 11.1. The lowest BCUT2D eigenvalue weighted by atomic mass is 9.69. The molecule has 1 fully saturated rings. The van der Waals surface area contributed by atoms with E-state index in [0.29, 0.717) is 22.8 Å². The summed E-state index contributed by atoms with van der Waals surface area (Å²) in [5.74, 6) is -1.38. The Bertz CT molecular complexity index is 483. The Balaban J connectivity index is 2.45. The van der Waals surface area contributed by atoms with Crippen LogP contribution in [0.2, 0.25) is 0 Å². The van der Waals surface area contributed by atoms with Gasteiger partial charge in [-0.3, -0.25) is 0 Å². The van der Waals surface area contributed by atoms with Gasteiger partial charge in [0.15, 0.2) is 11.5 Å². The fourth-order valence-corrected chi connectivity index (χ4v) is 2.48. The van der Waals surface area contributed by atoms with Crippen LogP contribution in [0.1, 0.15) is 18.4 Å². The fourth-order valence-electron chi connectivity index (χ4n) is 2.48. The van der Waals surface area contributed by atoms with E-state index in [1.165, 1.54) is 21.3 Å². The van der Waals surface area contributed by atoms with Crippen LogP contribution in [0.5, 0.6) is 17.2 Å². The third-order valence-corrected chi connectivity index (χ3v) is 3.39. The van der Waals surface area contributed by atoms with Crippen LogP contribution >= 0.6 is 0 Å². The Labute approximate surface area is 110 Å². The van der Waals surface area contributed by atoms with Crippen molar-refractivity contribution in [1.82, 2.24) is 0 Å². The van der Waals surface area contributed by atoms with E-state index in [4.69, 9.17) is 19.9 Å². The molecule has 0 unspecified atom stereocenters. The standard InChI is InChI=1S/C13H17F2NO3/c1-17-9-5-11(19-3)10(18-2)4-8(9)12(16)6-13(14,15)7-12/h4-5H,6-7,16H2,1-3H3. The molecule has 4 nitrogen and oxygen atoms in total. The van der Waals surface area contributed by atoms with Crippen LogP contribution in [-0.2, 0) is 5.54 Å². The zero-order chi connectivity index (χ0) is 14.3. The van der Waals surface area contributed by atoms with Gasteiger partial charge in [0.25, 0.3) is 5.92 Å². The number of hydrogen-bond donors (Lipinski definition) is 1. The highest BCUT2D eigenvalue weighted by atomic mass is 19.3. The first kappa shape index (κ1) is 13.9. The van der Waals surface area contributed by atoms with Crippen molar-refractivity contribution < 1.29 is 23.0 Å². The number of alkyl halides is 2. The summed E-state index contributed by atoms with van der Waals surface area (Å²) in [6.45, 7) is 0. The smallest absolute Gasteiger partial charge is 0.252 e. The van der Waals surface area contributed by atoms with E-state index in [-0.39, 0.29) is 0 Å². The van der Waals surface area contributed by atoms with E-state index >= 15 is 0 Å². The second kappa shape index (κ2) is 4.52. The summed E-state index contributed by atoms with van der Waals surface area (Å²) in [6, 6.07) is 3.20. The summed E-state index contributed by atoms with van der Waals surface area (Å²) in [7, 11) is 4.43. The molecule has 2 N–H and O–H groups in total. The second-order valence-electron chi connectivity index (χ2n) is 4.77. The van der Waals surface area contributed by atoms with Crippen molar-refractivity contribution in [3.05, 3.63) is 17.7 Å². The van der Waals surface area contributed by atoms with Crippen molar-refractivity contribution in [2.24, 2.45) is 5.73 Å². The summed E-state index contributed by atoms with van der Waals surface area (Å²) in [5.41, 5.74) is 5.46. The van der Waals surface area contributed by atoms with Crippen molar-refractivity contribution in [3.8, 4) is 17.2 Å². The van der Waals surface area contributed by atoms with Crippen LogP contribution in [0, 0.1) is 0 Å². The maximum absolute atomic E-state index is 13.1. The van der Waals surface area contributed by atoms with Crippen molar-refractivity contribution in [3.63, 3.8) is 0 Å². The van der Waals surface area contributed by atoms with Gasteiger partial charge in [-0.2, -0.15) is 0 Å². The molecule has 0 spiro atoms. The predicted molar refractivity (Wildman–Crippen MR) is 66.1 cm³/mol. The van der Waals surface area contributed by atoms with Crippen LogP contribution in [0.3, 0.4) is 0 Å². The highest BCUT2D eigenvalue weighted by Crippen LogP contribution is 2.53. The molecule has 1 saturated carbocycles. The fraction of sp³-hybridized carbons (Fsp3) is 0.538. The van der Waals surface area contributed by atoms with Gasteiger partial charge in [-0.1, -0.05) is 0 Å². The minimum absolute atomic E-state index is 0.397. The third kappa shape index (κ3) is 2.32. The number of methoxy groups -OCH3 is 3. The molecule has 0 heterocycles. The topological polar surface area (TPSA) is 53.7 Å². The molecule has 2 rings (SSSR count). The molecular weight excluding hydrogens is 256 g/mol. The Hall–Kier alpha value is -1.56. The lowest BCUT2D eigenvalue weighted by Gasteiger charge is -2.45. The SMILES string of the molecule is COc1cc(OC)c(C2(N)CC(F)(F)C2)cc1OC. The monoisotopic (exact) mass is 273 g/mol. The number of hydrogen-bond acceptors (Lipinski definition) is 4. The van der Waals surface area contributed by atoms with Gasteiger partial charge in [0.05, 0.1) is 26.9 Å². The van der Waals surface area contributed by atoms with E-state index < -0.39 is 24.3 Å². The normalized spacial score (nSPS) is 19.5. The van der Waals surface area contributed by atoms with Crippen LogP contribution in [-0.4, -0.2) is 27.3 Å². The molecule has 0 atom stereocenters. The predicted octanol–water partition coefficient (Wildman–Crippen LogP) is 2.30. The molecule has 6 heteroatoms. The summed E-state index contributed by atoms with van der Waals surface area (Å²) in [6.07, 6.45) is -0.794. The largest absolute Gasteiger partial charge is 0.496 e. The van der Waals surface area contributed by atoms with Gasteiger partial charge in [0.2, 0.25) is 0 Å². The summed E-state index contributed by atoms with van der Waals surface area (Å²) >= 11 is 0. The van der Waals surface area contributed by atoms with Gasteiger partial charge in [-0.05, 0) is 6.07 Å². The molecule has 0 radical (unpaired) electrons. The van der Waals surface area contributed by atoms with Crippen LogP contribution in [0.4, 0.5) is 8.78 Å². The first-order valence-corrected chi connectivity index (χ1v) is 5.82. The van der Waals surface area contributed by atoms with Crippen molar-refractivity contribution in [2.75, 3.05) is 21.3 Å². The molecule has 19 heavy (non-hydrogen) atoms. The van der Waals surface area contributed by atoms with Gasteiger partial charge in [0.1, 0.15) is 5.75 Å². The minimum atomic E-state index is -2.72. The first-order chi connectivity index (χ1) is 8.85. The number of rotatable bonds is 4. The molecule has 0 saturated heterocycles. The van der Waals surface area contributed by atoms with E-state index in [0.717, 1.165) is 0 Å². The van der Waals surface area contributed by atoms with Gasteiger partial charge >= 0.3 is 0 Å². The van der Waals surface area contributed by atoms with E-state index in [2.05, 4.69) is 0 Å². The number of nitrogens with two attached hydrogens (primary N) is 1. The van der Waals surface area contributed by atoms with Gasteiger partial charge in [-0.15, -0.1) is 0 Å². The lowest BCUT2D eigenvalue weighted by Crippen LogP contribution is -2.55. The van der Waals surface area contributed by atoms with Crippen LogP contribution in [0.25, 0.3) is 0 Å². The molecule has 0 aromatic heterocycles. The van der Waals surface area contributed by atoms with Crippen LogP contribution in [0.15, 0.2) is 12.1 Å². The van der Waals surface area contributed by atoms with E-state index in [1.807, 2.05) is 0 Å². The van der Waals surface area contributed by atoms with Gasteiger partial charge in [-0.25, -0.2) is 8.78 Å². The van der Waals surface area contributed by atoms with Crippen molar-refractivity contribution in [1.29, 1.82) is 0 Å². The van der Waals surface area contributed by atoms with Gasteiger partial charge < -0.3 is 19.9 Å². The van der Waals surface area contributed by atoms with Crippen molar-refractivity contribution in [2.45, 2.75) is 24.3 Å². The number of halogens is 2. The molecular formula is C13H17F2NO3. The highest BCUT2D eigenvalue weighted by Gasteiger charge is 2.56. The Morgan fingerprint density at radius 2 is 1.42 bits per heavy atom. The van der Waals surface area contributed by atoms with Gasteiger partial charge in [0, 0.05) is 24.5 Å². The minimum Gasteiger partial charge on any atom is -0.496 e. The number of benzene rings is 1. The average molecular weight is 273 g/mol. The molecule has 1 aromatic rings.